The van der Waals surface area contributed by atoms with Gasteiger partial charge in [0.2, 0.25) is 0 Å². The van der Waals surface area contributed by atoms with Crippen molar-refractivity contribution in [3.8, 4) is 0 Å². The summed E-state index contributed by atoms with van der Waals surface area (Å²) < 4.78 is 19.4. The number of nitrogens with zero attached hydrogens (tertiary/aromatic N) is 1. The van der Waals surface area contributed by atoms with Crippen LogP contribution in [0, 0.1) is 5.82 Å². The van der Waals surface area contributed by atoms with E-state index < -0.39 is 5.97 Å². The number of aliphatic carboxylic acids is 1. The molecule has 0 amide bonds. The molecule has 1 fully saturated rings. The smallest absolute Gasteiger partial charge is 0.329 e. The molecule has 0 atom stereocenters. The molecule has 1 aromatic carbocycles. The first-order chi connectivity index (χ1) is 9.54. The van der Waals surface area contributed by atoms with Gasteiger partial charge in [0.15, 0.2) is 0 Å². The third-order valence-electron chi connectivity index (χ3n) is 3.38. The Bertz CT molecular complexity index is 475. The van der Waals surface area contributed by atoms with Crippen LogP contribution < -0.4 is 0 Å². The van der Waals surface area contributed by atoms with Crippen LogP contribution in [0.15, 0.2) is 22.7 Å². The maximum Gasteiger partial charge on any atom is 0.329 e. The summed E-state index contributed by atoms with van der Waals surface area (Å²) >= 11 is 3.43. The summed E-state index contributed by atoms with van der Waals surface area (Å²) in [5, 5.41) is 8.57. The van der Waals surface area contributed by atoms with E-state index in [0.29, 0.717) is 6.54 Å². The van der Waals surface area contributed by atoms with Crippen molar-refractivity contribution >= 4 is 21.9 Å². The van der Waals surface area contributed by atoms with Crippen LogP contribution in [0.1, 0.15) is 18.4 Å². The summed E-state index contributed by atoms with van der Waals surface area (Å²) in [5.74, 6) is -1.17. The number of halogens is 2. The van der Waals surface area contributed by atoms with Crippen LogP contribution in [0.3, 0.4) is 0 Å². The number of ether oxygens (including phenoxy) is 1. The lowest BCUT2D eigenvalue weighted by Crippen LogP contribution is -2.37. The molecule has 1 aliphatic heterocycles. The molecule has 20 heavy (non-hydrogen) atoms. The Labute approximate surface area is 125 Å². The minimum atomic E-state index is -0.934. The average Bonchev–Trinajstić information content (AvgIpc) is 2.42. The number of piperidine rings is 1. The second kappa shape index (κ2) is 7.15. The molecule has 1 heterocycles. The van der Waals surface area contributed by atoms with Crippen LogP contribution in [-0.4, -0.2) is 41.8 Å². The highest BCUT2D eigenvalue weighted by Gasteiger charge is 2.21. The molecule has 2 rings (SSSR count). The summed E-state index contributed by atoms with van der Waals surface area (Å²) in [6, 6.07) is 4.68. The number of likely N-dealkylation sites (tertiary alicyclic amines) is 1. The third-order valence-corrected chi connectivity index (χ3v) is 4.15. The van der Waals surface area contributed by atoms with E-state index in [2.05, 4.69) is 20.8 Å². The Kier molecular flexibility index (Phi) is 5.51. The van der Waals surface area contributed by atoms with Gasteiger partial charge in [-0.25, -0.2) is 9.18 Å². The number of benzene rings is 1. The lowest BCUT2D eigenvalue weighted by atomic mass is 10.1. The second-order valence-corrected chi connectivity index (χ2v) is 5.77. The number of carbonyl (C=O) groups is 1. The van der Waals surface area contributed by atoms with E-state index in [0.717, 1.165) is 36.0 Å². The Morgan fingerprint density at radius 2 is 2.15 bits per heavy atom. The quantitative estimate of drug-likeness (QED) is 0.891. The number of rotatable bonds is 5. The zero-order valence-corrected chi connectivity index (χ0v) is 12.6. The van der Waals surface area contributed by atoms with Crippen LogP contribution in [0.5, 0.6) is 0 Å². The second-order valence-electron chi connectivity index (χ2n) is 4.92. The first-order valence-corrected chi connectivity index (χ1v) is 7.33. The summed E-state index contributed by atoms with van der Waals surface area (Å²) in [5.41, 5.74) is 0.926. The fourth-order valence-electron chi connectivity index (χ4n) is 2.33. The Morgan fingerprint density at radius 1 is 1.45 bits per heavy atom. The fraction of sp³-hybridized carbons (Fsp3) is 0.500. The van der Waals surface area contributed by atoms with E-state index in [1.807, 2.05) is 0 Å². The third kappa shape index (κ3) is 4.54. The first-order valence-electron chi connectivity index (χ1n) is 6.54. The Morgan fingerprint density at radius 3 is 2.80 bits per heavy atom. The zero-order chi connectivity index (χ0) is 14.5. The SMILES string of the molecule is O=C(O)COC1CCN(Cc2cc(F)ccc2Br)CC1. The zero-order valence-electron chi connectivity index (χ0n) is 11.0. The largest absolute Gasteiger partial charge is 0.480 e. The first kappa shape index (κ1) is 15.4. The summed E-state index contributed by atoms with van der Waals surface area (Å²) in [6.45, 7) is 2.10. The molecule has 1 aliphatic rings. The molecule has 0 radical (unpaired) electrons. The summed E-state index contributed by atoms with van der Waals surface area (Å²) in [6.07, 6.45) is 1.62. The molecular formula is C14H17BrFNO3. The molecule has 0 aliphatic carbocycles. The summed E-state index contributed by atoms with van der Waals surface area (Å²) in [7, 11) is 0. The van der Waals surface area contributed by atoms with Crippen LogP contribution in [0.4, 0.5) is 4.39 Å². The standard InChI is InChI=1S/C14H17BrFNO3/c15-13-2-1-11(16)7-10(13)8-17-5-3-12(4-6-17)20-9-14(18)19/h1-2,7,12H,3-6,8-9H2,(H,18,19). The van der Waals surface area contributed by atoms with Crippen LogP contribution in [0.25, 0.3) is 0 Å². The van der Waals surface area contributed by atoms with Gasteiger partial charge in [-0.1, -0.05) is 15.9 Å². The van der Waals surface area contributed by atoms with Gasteiger partial charge in [0.1, 0.15) is 12.4 Å². The monoisotopic (exact) mass is 345 g/mol. The van der Waals surface area contributed by atoms with Crippen LogP contribution in [-0.2, 0) is 16.1 Å². The summed E-state index contributed by atoms with van der Waals surface area (Å²) in [4.78, 5) is 12.7. The minimum Gasteiger partial charge on any atom is -0.480 e. The molecule has 0 spiro atoms. The van der Waals surface area contributed by atoms with Crippen molar-refractivity contribution in [3.63, 3.8) is 0 Å². The number of carboxylic acids is 1. The van der Waals surface area contributed by atoms with E-state index in [9.17, 15) is 9.18 Å². The Balaban J connectivity index is 1.82. The van der Waals surface area contributed by atoms with Gasteiger partial charge in [-0.3, -0.25) is 4.90 Å². The predicted octanol–water partition coefficient (Wildman–Crippen LogP) is 2.65. The van der Waals surface area contributed by atoms with Crippen molar-refractivity contribution < 1.29 is 19.0 Å². The van der Waals surface area contributed by atoms with E-state index >= 15 is 0 Å². The average molecular weight is 346 g/mol. The minimum absolute atomic E-state index is 0.0123. The maximum atomic E-state index is 13.2. The van der Waals surface area contributed by atoms with Crippen molar-refractivity contribution in [2.75, 3.05) is 19.7 Å². The molecule has 4 nitrogen and oxygen atoms in total. The van der Waals surface area contributed by atoms with E-state index in [4.69, 9.17) is 9.84 Å². The fourth-order valence-corrected chi connectivity index (χ4v) is 2.70. The number of hydrogen-bond acceptors (Lipinski definition) is 3. The number of hydrogen-bond donors (Lipinski definition) is 1. The van der Waals surface area contributed by atoms with Crippen LogP contribution >= 0.6 is 15.9 Å². The predicted molar refractivity (Wildman–Crippen MR) is 76.0 cm³/mol. The molecule has 110 valence electrons. The molecule has 1 saturated heterocycles. The van der Waals surface area contributed by atoms with Gasteiger partial charge in [0.25, 0.3) is 0 Å². The topological polar surface area (TPSA) is 49.8 Å². The Hall–Kier alpha value is -0.980. The van der Waals surface area contributed by atoms with Crippen molar-refractivity contribution in [1.82, 2.24) is 4.90 Å². The lowest BCUT2D eigenvalue weighted by molar-refractivity contribution is -0.145. The molecule has 0 saturated carbocycles. The van der Waals surface area contributed by atoms with Crippen molar-refractivity contribution in [2.45, 2.75) is 25.5 Å². The van der Waals surface area contributed by atoms with Gasteiger partial charge in [-0.2, -0.15) is 0 Å². The maximum absolute atomic E-state index is 13.2. The van der Waals surface area contributed by atoms with Gasteiger partial charge < -0.3 is 9.84 Å². The van der Waals surface area contributed by atoms with Crippen molar-refractivity contribution in [1.29, 1.82) is 0 Å². The van der Waals surface area contributed by atoms with Gasteiger partial charge in [-0.05, 0) is 36.6 Å². The van der Waals surface area contributed by atoms with Crippen molar-refractivity contribution in [2.24, 2.45) is 0 Å². The van der Waals surface area contributed by atoms with Crippen molar-refractivity contribution in [3.05, 3.63) is 34.1 Å². The molecule has 0 aromatic heterocycles. The van der Waals surface area contributed by atoms with Gasteiger partial charge in [0, 0.05) is 24.1 Å². The van der Waals surface area contributed by atoms with E-state index in [1.165, 1.54) is 12.1 Å². The highest BCUT2D eigenvalue weighted by molar-refractivity contribution is 9.10. The highest BCUT2D eigenvalue weighted by Crippen LogP contribution is 2.22. The molecule has 0 bridgehead atoms. The molecule has 1 N–H and O–H groups in total. The van der Waals surface area contributed by atoms with Gasteiger partial charge in [0.05, 0.1) is 6.10 Å². The molecule has 1 aromatic rings. The van der Waals surface area contributed by atoms with E-state index in [1.54, 1.807) is 6.07 Å². The van der Waals surface area contributed by atoms with Crippen LogP contribution in [0.2, 0.25) is 0 Å². The highest BCUT2D eigenvalue weighted by atomic mass is 79.9. The number of carboxylic acid groups (broad SMARTS) is 1. The van der Waals surface area contributed by atoms with Gasteiger partial charge in [-0.15, -0.1) is 0 Å². The van der Waals surface area contributed by atoms with Gasteiger partial charge >= 0.3 is 5.97 Å². The molecule has 6 heteroatoms. The molecule has 0 unspecified atom stereocenters. The normalized spacial score (nSPS) is 17.3. The van der Waals surface area contributed by atoms with E-state index in [-0.39, 0.29) is 18.5 Å². The lowest BCUT2D eigenvalue weighted by Gasteiger charge is -2.31. The molecular weight excluding hydrogens is 329 g/mol.